The van der Waals surface area contributed by atoms with Crippen molar-refractivity contribution in [3.63, 3.8) is 0 Å². The Hall–Kier alpha value is -1.01. The summed E-state index contributed by atoms with van der Waals surface area (Å²) in [4.78, 5) is 13.5. The number of carbonyl (C=O) groups is 1. The molecule has 1 amide bonds. The third-order valence-electron chi connectivity index (χ3n) is 3.34. The molecule has 2 aromatic carbocycles. The van der Waals surface area contributed by atoms with E-state index < -0.39 is 0 Å². The average Bonchev–Trinajstić information content (AvgIpc) is 2.56. The highest BCUT2D eigenvalue weighted by atomic mass is 79.9. The second-order valence-corrected chi connectivity index (χ2v) is 7.47. The van der Waals surface area contributed by atoms with Crippen LogP contribution in [-0.4, -0.2) is 17.7 Å². The Morgan fingerprint density at radius 2 is 1.83 bits per heavy atom. The van der Waals surface area contributed by atoms with Crippen LogP contribution in [-0.2, 0) is 11.3 Å². The molecule has 6 heteroatoms. The second kappa shape index (κ2) is 10.8. The molecule has 2 N–H and O–H groups in total. The fourth-order valence-corrected chi connectivity index (χ4v) is 3.19. The van der Waals surface area contributed by atoms with E-state index in [2.05, 4.69) is 33.5 Å². The number of nitrogens with one attached hydrogen (secondary N) is 2. The van der Waals surface area contributed by atoms with E-state index in [1.165, 1.54) is 0 Å². The van der Waals surface area contributed by atoms with Gasteiger partial charge in [-0.3, -0.25) is 4.79 Å². The molecule has 0 aliphatic rings. The standard InChI is InChI=1S/C18H21BrN2OS.ClH/c1-3-20-12-14-6-4-5-7-17(14)21-18(22)13(2)23-16-10-8-15(19)9-11-16;/h4-11,13,20H,3,12H2,1-2H3,(H,21,22);1H. The zero-order chi connectivity index (χ0) is 16.7. The van der Waals surface area contributed by atoms with E-state index in [0.717, 1.165) is 33.7 Å². The molecule has 0 fully saturated rings. The van der Waals surface area contributed by atoms with Crippen LogP contribution in [0.5, 0.6) is 0 Å². The lowest BCUT2D eigenvalue weighted by Crippen LogP contribution is -2.24. The number of halogens is 2. The monoisotopic (exact) mass is 428 g/mol. The molecule has 0 spiro atoms. The lowest BCUT2D eigenvalue weighted by molar-refractivity contribution is -0.115. The smallest absolute Gasteiger partial charge is 0.237 e. The molecule has 0 heterocycles. The molecule has 24 heavy (non-hydrogen) atoms. The molecule has 0 radical (unpaired) electrons. The number of benzene rings is 2. The Kier molecular flexibility index (Phi) is 9.44. The summed E-state index contributed by atoms with van der Waals surface area (Å²) in [5.41, 5.74) is 1.98. The van der Waals surface area contributed by atoms with E-state index >= 15 is 0 Å². The van der Waals surface area contributed by atoms with Crippen LogP contribution in [0.2, 0.25) is 0 Å². The van der Waals surface area contributed by atoms with Crippen molar-refractivity contribution in [3.05, 3.63) is 58.6 Å². The molecule has 0 aliphatic heterocycles. The van der Waals surface area contributed by atoms with Gasteiger partial charge >= 0.3 is 0 Å². The van der Waals surface area contributed by atoms with Crippen LogP contribution in [0.3, 0.4) is 0 Å². The van der Waals surface area contributed by atoms with Crippen molar-refractivity contribution >= 4 is 51.7 Å². The van der Waals surface area contributed by atoms with Crippen LogP contribution < -0.4 is 10.6 Å². The number of amides is 1. The van der Waals surface area contributed by atoms with Gasteiger partial charge in [-0.1, -0.05) is 41.1 Å². The number of hydrogen-bond donors (Lipinski definition) is 2. The van der Waals surface area contributed by atoms with Gasteiger partial charge in [-0.05, 0) is 49.4 Å². The topological polar surface area (TPSA) is 41.1 Å². The first kappa shape index (κ1) is 21.0. The highest BCUT2D eigenvalue weighted by molar-refractivity contribution is 9.10. The van der Waals surface area contributed by atoms with Crippen molar-refractivity contribution in [3.8, 4) is 0 Å². The SMILES string of the molecule is CCNCc1ccccc1NC(=O)C(C)Sc1ccc(Br)cc1.Cl. The molecule has 0 aromatic heterocycles. The largest absolute Gasteiger partial charge is 0.325 e. The maximum Gasteiger partial charge on any atom is 0.237 e. The third kappa shape index (κ3) is 6.48. The maximum atomic E-state index is 12.4. The maximum absolute atomic E-state index is 12.4. The van der Waals surface area contributed by atoms with Crippen LogP contribution in [0.4, 0.5) is 5.69 Å². The van der Waals surface area contributed by atoms with E-state index in [9.17, 15) is 4.79 Å². The Bertz CT molecular complexity index is 652. The minimum atomic E-state index is -0.164. The predicted molar refractivity (Wildman–Crippen MR) is 109 cm³/mol. The minimum Gasteiger partial charge on any atom is -0.325 e. The first-order valence-corrected chi connectivity index (χ1v) is 9.29. The molecule has 3 nitrogen and oxygen atoms in total. The van der Waals surface area contributed by atoms with Gasteiger partial charge in [0.05, 0.1) is 5.25 Å². The van der Waals surface area contributed by atoms with E-state index in [-0.39, 0.29) is 23.6 Å². The molecule has 1 unspecified atom stereocenters. The van der Waals surface area contributed by atoms with Gasteiger partial charge in [0, 0.05) is 21.6 Å². The first-order chi connectivity index (χ1) is 11.1. The van der Waals surface area contributed by atoms with Gasteiger partial charge in [0.2, 0.25) is 5.91 Å². The van der Waals surface area contributed by atoms with E-state index in [1.807, 2.05) is 55.5 Å². The summed E-state index contributed by atoms with van der Waals surface area (Å²) in [5, 5.41) is 6.17. The van der Waals surface area contributed by atoms with Crippen molar-refractivity contribution in [2.45, 2.75) is 30.5 Å². The van der Waals surface area contributed by atoms with Crippen molar-refractivity contribution in [1.82, 2.24) is 5.32 Å². The zero-order valence-corrected chi connectivity index (χ0v) is 16.9. The highest BCUT2D eigenvalue weighted by Gasteiger charge is 2.15. The van der Waals surface area contributed by atoms with Crippen molar-refractivity contribution in [2.75, 3.05) is 11.9 Å². The molecule has 0 bridgehead atoms. The molecule has 0 saturated carbocycles. The molecule has 2 rings (SSSR count). The summed E-state index contributed by atoms with van der Waals surface area (Å²) in [6.45, 7) is 5.65. The van der Waals surface area contributed by atoms with Crippen LogP contribution in [0.1, 0.15) is 19.4 Å². The first-order valence-electron chi connectivity index (χ1n) is 7.62. The average molecular weight is 430 g/mol. The van der Waals surface area contributed by atoms with Gasteiger partial charge in [0.25, 0.3) is 0 Å². The lowest BCUT2D eigenvalue weighted by atomic mass is 10.1. The molecule has 2 aromatic rings. The van der Waals surface area contributed by atoms with Crippen molar-refractivity contribution < 1.29 is 4.79 Å². The summed E-state index contributed by atoms with van der Waals surface area (Å²) in [6.07, 6.45) is 0. The Morgan fingerprint density at radius 3 is 2.50 bits per heavy atom. The van der Waals surface area contributed by atoms with E-state index in [4.69, 9.17) is 0 Å². The Morgan fingerprint density at radius 1 is 1.17 bits per heavy atom. The number of rotatable bonds is 7. The summed E-state index contributed by atoms with van der Waals surface area (Å²) >= 11 is 4.97. The molecular weight excluding hydrogens is 408 g/mol. The number of carbonyl (C=O) groups excluding carboxylic acids is 1. The fourth-order valence-electron chi connectivity index (χ4n) is 2.06. The Labute approximate surface area is 162 Å². The summed E-state index contributed by atoms with van der Waals surface area (Å²) in [5.74, 6) is 0.0156. The molecule has 0 saturated heterocycles. The quantitative estimate of drug-likeness (QED) is 0.602. The normalized spacial score (nSPS) is 11.5. The molecular formula is C18H22BrClN2OS. The number of para-hydroxylation sites is 1. The lowest BCUT2D eigenvalue weighted by Gasteiger charge is -2.15. The summed E-state index contributed by atoms with van der Waals surface area (Å²) < 4.78 is 1.04. The van der Waals surface area contributed by atoms with Crippen LogP contribution >= 0.6 is 40.1 Å². The Balaban J connectivity index is 0.00000288. The van der Waals surface area contributed by atoms with Crippen LogP contribution in [0.25, 0.3) is 0 Å². The molecule has 0 aliphatic carbocycles. The van der Waals surface area contributed by atoms with E-state index in [1.54, 1.807) is 11.8 Å². The highest BCUT2D eigenvalue weighted by Crippen LogP contribution is 2.26. The van der Waals surface area contributed by atoms with Gasteiger partial charge in [-0.15, -0.1) is 24.2 Å². The molecule has 130 valence electrons. The van der Waals surface area contributed by atoms with Gasteiger partial charge < -0.3 is 10.6 Å². The van der Waals surface area contributed by atoms with Crippen LogP contribution in [0, 0.1) is 0 Å². The van der Waals surface area contributed by atoms with Gasteiger partial charge in [-0.2, -0.15) is 0 Å². The van der Waals surface area contributed by atoms with E-state index in [0.29, 0.717) is 0 Å². The summed E-state index contributed by atoms with van der Waals surface area (Å²) in [6, 6.07) is 15.9. The van der Waals surface area contributed by atoms with Gasteiger partial charge in [0.15, 0.2) is 0 Å². The molecule has 1 atom stereocenters. The number of hydrogen-bond acceptors (Lipinski definition) is 3. The number of anilines is 1. The van der Waals surface area contributed by atoms with Gasteiger partial charge in [0.1, 0.15) is 0 Å². The predicted octanol–water partition coefficient (Wildman–Crippen LogP) is 5.10. The third-order valence-corrected chi connectivity index (χ3v) is 4.98. The zero-order valence-electron chi connectivity index (χ0n) is 13.7. The van der Waals surface area contributed by atoms with Crippen molar-refractivity contribution in [2.24, 2.45) is 0 Å². The fraction of sp³-hybridized carbons (Fsp3) is 0.278. The number of thioether (sulfide) groups is 1. The van der Waals surface area contributed by atoms with Crippen molar-refractivity contribution in [1.29, 1.82) is 0 Å². The second-order valence-electron chi connectivity index (χ2n) is 5.14. The minimum absolute atomic E-state index is 0. The van der Waals surface area contributed by atoms with Crippen LogP contribution in [0.15, 0.2) is 57.9 Å². The van der Waals surface area contributed by atoms with Gasteiger partial charge in [-0.25, -0.2) is 0 Å². The summed E-state index contributed by atoms with van der Waals surface area (Å²) in [7, 11) is 0.